The van der Waals surface area contributed by atoms with Gasteiger partial charge in [0.15, 0.2) is 6.10 Å². The van der Waals surface area contributed by atoms with Crippen molar-refractivity contribution >= 4 is 11.8 Å². The molecule has 5 heteroatoms. The summed E-state index contributed by atoms with van der Waals surface area (Å²) >= 11 is 0. The third-order valence-corrected chi connectivity index (χ3v) is 5.09. The number of primary amides is 1. The van der Waals surface area contributed by atoms with Crippen molar-refractivity contribution in [2.75, 3.05) is 13.1 Å². The number of rotatable bonds is 6. The van der Waals surface area contributed by atoms with E-state index >= 15 is 0 Å². The van der Waals surface area contributed by atoms with Crippen molar-refractivity contribution in [2.24, 2.45) is 11.7 Å². The zero-order valence-electron chi connectivity index (χ0n) is 15.6. The number of carbonyl (C=O) groups is 2. The lowest BCUT2D eigenvalue weighted by atomic mass is 9.90. The van der Waals surface area contributed by atoms with Crippen molar-refractivity contribution in [2.45, 2.75) is 32.3 Å². The lowest BCUT2D eigenvalue weighted by molar-refractivity contribution is -0.139. The summed E-state index contributed by atoms with van der Waals surface area (Å²) < 4.78 is 5.74. The molecule has 1 saturated heterocycles. The maximum absolute atomic E-state index is 12.7. The summed E-state index contributed by atoms with van der Waals surface area (Å²) in [6, 6.07) is 17.0. The van der Waals surface area contributed by atoms with E-state index in [9.17, 15) is 9.59 Å². The predicted molar refractivity (Wildman–Crippen MR) is 104 cm³/mol. The highest BCUT2D eigenvalue weighted by Crippen LogP contribution is 2.23. The molecule has 27 heavy (non-hydrogen) atoms. The van der Waals surface area contributed by atoms with Gasteiger partial charge in [0, 0.05) is 18.7 Å². The molecule has 1 unspecified atom stereocenters. The Labute approximate surface area is 160 Å². The maximum Gasteiger partial charge on any atom is 0.263 e. The van der Waals surface area contributed by atoms with Gasteiger partial charge in [-0.05, 0) is 61.9 Å². The van der Waals surface area contributed by atoms with Gasteiger partial charge in [0.05, 0.1) is 0 Å². The van der Waals surface area contributed by atoms with Crippen LogP contribution in [0.4, 0.5) is 0 Å². The fourth-order valence-electron chi connectivity index (χ4n) is 3.51. The Morgan fingerprint density at radius 2 is 1.70 bits per heavy atom. The molecule has 0 aliphatic carbocycles. The molecule has 0 spiro atoms. The van der Waals surface area contributed by atoms with E-state index in [-0.39, 0.29) is 5.91 Å². The van der Waals surface area contributed by atoms with Crippen molar-refractivity contribution in [3.63, 3.8) is 0 Å². The van der Waals surface area contributed by atoms with E-state index in [1.165, 1.54) is 5.56 Å². The van der Waals surface area contributed by atoms with Crippen molar-refractivity contribution in [3.8, 4) is 5.75 Å². The Hall–Kier alpha value is -2.82. The van der Waals surface area contributed by atoms with E-state index in [1.807, 2.05) is 11.0 Å². The highest BCUT2D eigenvalue weighted by Gasteiger charge is 2.27. The average molecular weight is 366 g/mol. The zero-order valence-corrected chi connectivity index (χ0v) is 15.6. The lowest BCUT2D eigenvalue weighted by Gasteiger charge is -2.33. The molecule has 0 radical (unpaired) electrons. The van der Waals surface area contributed by atoms with Crippen LogP contribution in [0.2, 0.25) is 0 Å². The molecule has 2 amide bonds. The van der Waals surface area contributed by atoms with Gasteiger partial charge in [0.25, 0.3) is 5.91 Å². The number of likely N-dealkylation sites (tertiary alicyclic amines) is 1. The number of nitrogens with zero attached hydrogens (tertiary/aromatic N) is 1. The third-order valence-electron chi connectivity index (χ3n) is 5.09. The van der Waals surface area contributed by atoms with Crippen LogP contribution in [0.3, 0.4) is 0 Å². The van der Waals surface area contributed by atoms with Gasteiger partial charge in [-0.2, -0.15) is 0 Å². The fourth-order valence-corrected chi connectivity index (χ4v) is 3.51. The van der Waals surface area contributed by atoms with Crippen LogP contribution in [-0.4, -0.2) is 35.9 Å². The summed E-state index contributed by atoms with van der Waals surface area (Å²) in [6.45, 7) is 3.30. The van der Waals surface area contributed by atoms with Gasteiger partial charge in [-0.1, -0.05) is 30.3 Å². The topological polar surface area (TPSA) is 72.6 Å². The number of hydrogen-bond acceptors (Lipinski definition) is 3. The second-order valence-electron chi connectivity index (χ2n) is 7.11. The Balaban J connectivity index is 1.48. The number of ether oxygens (including phenoxy) is 1. The smallest absolute Gasteiger partial charge is 0.263 e. The number of carbonyl (C=O) groups excluding carboxylic acids is 2. The summed E-state index contributed by atoms with van der Waals surface area (Å²) in [5, 5.41) is 0. The first kappa shape index (κ1) is 19.0. The third kappa shape index (κ3) is 5.09. The van der Waals surface area contributed by atoms with Crippen LogP contribution in [0.15, 0.2) is 54.6 Å². The Morgan fingerprint density at radius 3 is 2.30 bits per heavy atom. The van der Waals surface area contributed by atoms with E-state index in [4.69, 9.17) is 10.5 Å². The van der Waals surface area contributed by atoms with E-state index in [0.29, 0.717) is 17.2 Å². The number of benzene rings is 2. The van der Waals surface area contributed by atoms with Crippen LogP contribution in [0.5, 0.6) is 5.75 Å². The zero-order chi connectivity index (χ0) is 19.2. The van der Waals surface area contributed by atoms with Gasteiger partial charge in [0.1, 0.15) is 5.75 Å². The molecule has 0 aromatic heterocycles. The molecule has 1 aliphatic rings. The summed E-state index contributed by atoms with van der Waals surface area (Å²) in [6.07, 6.45) is 2.54. The number of hydrogen-bond donors (Lipinski definition) is 1. The summed E-state index contributed by atoms with van der Waals surface area (Å²) in [4.78, 5) is 25.7. The Morgan fingerprint density at radius 1 is 1.07 bits per heavy atom. The maximum atomic E-state index is 12.7. The lowest BCUT2D eigenvalue weighted by Crippen LogP contribution is -2.45. The van der Waals surface area contributed by atoms with E-state index in [0.717, 1.165) is 32.4 Å². The molecule has 2 aromatic rings. The quantitative estimate of drug-likeness (QED) is 0.854. The van der Waals surface area contributed by atoms with Gasteiger partial charge < -0.3 is 15.4 Å². The van der Waals surface area contributed by atoms with Crippen molar-refractivity contribution in [3.05, 3.63) is 65.7 Å². The molecular formula is C22H26N2O3. The molecule has 1 aliphatic heterocycles. The van der Waals surface area contributed by atoms with E-state index in [1.54, 1.807) is 31.2 Å². The summed E-state index contributed by atoms with van der Waals surface area (Å²) in [5.74, 6) is 0.699. The first-order valence-electron chi connectivity index (χ1n) is 9.42. The van der Waals surface area contributed by atoms with Crippen molar-refractivity contribution in [1.29, 1.82) is 0 Å². The predicted octanol–water partition coefficient (Wildman–Crippen LogP) is 3.03. The Kier molecular flexibility index (Phi) is 6.12. The van der Waals surface area contributed by atoms with Gasteiger partial charge in [-0.25, -0.2) is 0 Å². The molecule has 2 aromatic carbocycles. The van der Waals surface area contributed by atoms with Gasteiger partial charge in [0.2, 0.25) is 5.91 Å². The van der Waals surface area contributed by atoms with Crippen LogP contribution < -0.4 is 10.5 Å². The van der Waals surface area contributed by atoms with Crippen molar-refractivity contribution < 1.29 is 14.3 Å². The monoisotopic (exact) mass is 366 g/mol. The number of nitrogens with two attached hydrogens (primary N) is 1. The largest absolute Gasteiger partial charge is 0.481 e. The molecule has 1 atom stereocenters. The summed E-state index contributed by atoms with van der Waals surface area (Å²) in [7, 11) is 0. The van der Waals surface area contributed by atoms with Crippen LogP contribution in [-0.2, 0) is 11.2 Å². The van der Waals surface area contributed by atoms with E-state index < -0.39 is 12.0 Å². The molecule has 0 saturated carbocycles. The number of piperidine rings is 1. The normalized spacial score (nSPS) is 16.0. The van der Waals surface area contributed by atoms with Crippen LogP contribution in [0.1, 0.15) is 35.7 Å². The van der Waals surface area contributed by atoms with Gasteiger partial charge >= 0.3 is 0 Å². The van der Waals surface area contributed by atoms with Crippen molar-refractivity contribution in [1.82, 2.24) is 4.90 Å². The second-order valence-corrected chi connectivity index (χ2v) is 7.11. The average Bonchev–Trinajstić information content (AvgIpc) is 2.69. The number of amides is 2. The van der Waals surface area contributed by atoms with E-state index in [2.05, 4.69) is 24.3 Å². The first-order chi connectivity index (χ1) is 13.0. The second kappa shape index (κ2) is 8.71. The molecule has 142 valence electrons. The molecule has 1 heterocycles. The molecule has 2 N–H and O–H groups in total. The fraction of sp³-hybridized carbons (Fsp3) is 0.364. The highest BCUT2D eigenvalue weighted by atomic mass is 16.5. The minimum absolute atomic E-state index is 0.00661. The standard InChI is InChI=1S/C22H26N2O3/c1-16(27-20-9-7-19(8-10-20)21(23)25)22(26)24-13-11-18(12-14-24)15-17-5-3-2-4-6-17/h2-10,16,18H,11-15H2,1H3,(H2,23,25). The highest BCUT2D eigenvalue weighted by molar-refractivity contribution is 5.92. The summed E-state index contributed by atoms with van der Waals surface area (Å²) in [5.41, 5.74) is 7.01. The van der Waals surface area contributed by atoms with Gasteiger partial charge in [-0.15, -0.1) is 0 Å². The van der Waals surface area contributed by atoms with Crippen LogP contribution in [0.25, 0.3) is 0 Å². The first-order valence-corrected chi connectivity index (χ1v) is 9.42. The minimum Gasteiger partial charge on any atom is -0.481 e. The SMILES string of the molecule is CC(Oc1ccc(C(N)=O)cc1)C(=O)N1CCC(Cc2ccccc2)CC1. The molecule has 1 fully saturated rings. The van der Waals surface area contributed by atoms with Crippen LogP contribution >= 0.6 is 0 Å². The molecule has 5 nitrogen and oxygen atoms in total. The van der Waals surface area contributed by atoms with Gasteiger partial charge in [-0.3, -0.25) is 9.59 Å². The molecular weight excluding hydrogens is 340 g/mol. The van der Waals surface area contributed by atoms with Crippen LogP contribution in [0, 0.1) is 5.92 Å². The molecule has 0 bridgehead atoms. The molecule has 3 rings (SSSR count). The minimum atomic E-state index is -0.560. The Bertz CT molecular complexity index is 766.